The molecule has 148 valence electrons. The molecule has 0 spiro atoms. The van der Waals surface area contributed by atoms with Crippen LogP contribution >= 0.6 is 0 Å². The molecule has 0 saturated carbocycles. The molecule has 1 aromatic carbocycles. The zero-order chi connectivity index (χ0) is 19.9. The van der Waals surface area contributed by atoms with Gasteiger partial charge in [-0.15, -0.1) is 0 Å². The molecule has 2 amide bonds. The van der Waals surface area contributed by atoms with Gasteiger partial charge in [-0.1, -0.05) is 12.1 Å². The number of rotatable bonds is 7. The normalized spacial score (nSPS) is 13.9. The molecule has 0 bridgehead atoms. The van der Waals surface area contributed by atoms with E-state index in [1.165, 1.54) is 0 Å². The maximum absolute atomic E-state index is 12.8. The molecular formula is C20H25N5O3. The number of carbonyl (C=O) groups is 2. The zero-order valence-corrected chi connectivity index (χ0v) is 16.2. The number of piperazine rings is 1. The van der Waals surface area contributed by atoms with Crippen LogP contribution in [-0.2, 0) is 11.2 Å². The largest absolute Gasteiger partial charge is 0.497 e. The quantitative estimate of drug-likeness (QED) is 0.727. The molecule has 1 fully saturated rings. The molecule has 8 nitrogen and oxygen atoms in total. The van der Waals surface area contributed by atoms with Crippen molar-refractivity contribution in [1.82, 2.24) is 19.8 Å². The average molecular weight is 383 g/mol. The predicted molar refractivity (Wildman–Crippen MR) is 105 cm³/mol. The van der Waals surface area contributed by atoms with Crippen molar-refractivity contribution < 1.29 is 14.3 Å². The zero-order valence-electron chi connectivity index (χ0n) is 16.2. The van der Waals surface area contributed by atoms with E-state index in [1.807, 2.05) is 24.3 Å². The smallest absolute Gasteiger partial charge is 0.272 e. The number of ether oxygens (including phenoxy) is 1. The Morgan fingerprint density at radius 1 is 1.21 bits per heavy atom. The second kappa shape index (κ2) is 9.16. The Labute approximate surface area is 164 Å². The van der Waals surface area contributed by atoms with Crippen molar-refractivity contribution in [3.8, 4) is 5.75 Å². The Hall–Kier alpha value is -3.16. The van der Waals surface area contributed by atoms with E-state index in [9.17, 15) is 9.59 Å². The van der Waals surface area contributed by atoms with Crippen molar-refractivity contribution in [3.63, 3.8) is 0 Å². The molecule has 3 rings (SSSR count). The van der Waals surface area contributed by atoms with E-state index >= 15 is 0 Å². The van der Waals surface area contributed by atoms with Crippen molar-refractivity contribution >= 4 is 18.1 Å². The van der Waals surface area contributed by atoms with Crippen LogP contribution in [0.2, 0.25) is 0 Å². The maximum atomic E-state index is 12.8. The lowest BCUT2D eigenvalue weighted by Gasteiger charge is -2.32. The van der Waals surface area contributed by atoms with E-state index in [-0.39, 0.29) is 5.91 Å². The number of anilines is 1. The summed E-state index contributed by atoms with van der Waals surface area (Å²) in [6, 6.07) is 9.61. The van der Waals surface area contributed by atoms with Crippen molar-refractivity contribution in [2.75, 3.05) is 45.2 Å². The highest BCUT2D eigenvalue weighted by Crippen LogP contribution is 2.14. The SMILES string of the molecule is COc1cccc(CCNc2cc(C(=O)N3CCN(C=O)CC3)nc(C)n2)c1. The fourth-order valence-electron chi connectivity index (χ4n) is 3.12. The Balaban J connectivity index is 1.61. The number of benzene rings is 1. The van der Waals surface area contributed by atoms with Gasteiger partial charge in [0.2, 0.25) is 6.41 Å². The topological polar surface area (TPSA) is 87.7 Å². The van der Waals surface area contributed by atoms with Crippen LogP contribution in [0.5, 0.6) is 5.75 Å². The summed E-state index contributed by atoms with van der Waals surface area (Å²) < 4.78 is 5.24. The summed E-state index contributed by atoms with van der Waals surface area (Å²) in [6.07, 6.45) is 1.62. The van der Waals surface area contributed by atoms with Gasteiger partial charge in [0.05, 0.1) is 7.11 Å². The van der Waals surface area contributed by atoms with Crippen molar-refractivity contribution in [2.45, 2.75) is 13.3 Å². The Morgan fingerprint density at radius 3 is 2.71 bits per heavy atom. The van der Waals surface area contributed by atoms with Gasteiger partial charge in [0.1, 0.15) is 23.1 Å². The summed E-state index contributed by atoms with van der Waals surface area (Å²) >= 11 is 0. The van der Waals surface area contributed by atoms with E-state index in [4.69, 9.17) is 4.74 Å². The maximum Gasteiger partial charge on any atom is 0.272 e. The number of amides is 2. The molecule has 0 radical (unpaired) electrons. The van der Waals surface area contributed by atoms with Crippen LogP contribution in [0.15, 0.2) is 30.3 Å². The van der Waals surface area contributed by atoms with Crippen molar-refractivity contribution in [1.29, 1.82) is 0 Å². The summed E-state index contributed by atoms with van der Waals surface area (Å²) in [5, 5.41) is 3.27. The minimum atomic E-state index is -0.133. The summed E-state index contributed by atoms with van der Waals surface area (Å²) in [5.74, 6) is 1.87. The first-order valence-corrected chi connectivity index (χ1v) is 9.30. The van der Waals surface area contributed by atoms with Gasteiger partial charge in [-0.2, -0.15) is 0 Å². The molecular weight excluding hydrogens is 358 g/mol. The van der Waals surface area contributed by atoms with E-state index in [0.717, 1.165) is 24.1 Å². The molecule has 28 heavy (non-hydrogen) atoms. The highest BCUT2D eigenvalue weighted by molar-refractivity contribution is 5.93. The minimum Gasteiger partial charge on any atom is -0.497 e. The Kier molecular flexibility index (Phi) is 6.41. The number of methoxy groups -OCH3 is 1. The van der Waals surface area contributed by atoms with Crippen LogP contribution in [0, 0.1) is 6.92 Å². The van der Waals surface area contributed by atoms with Gasteiger partial charge in [0.15, 0.2) is 0 Å². The van der Waals surface area contributed by atoms with E-state index in [1.54, 1.807) is 29.9 Å². The molecule has 1 aliphatic rings. The number of aromatic nitrogens is 2. The molecule has 0 aliphatic carbocycles. The number of carbonyl (C=O) groups excluding carboxylic acids is 2. The summed E-state index contributed by atoms with van der Waals surface area (Å²) in [6.45, 7) is 4.57. The Morgan fingerprint density at radius 2 is 2.00 bits per heavy atom. The van der Waals surface area contributed by atoms with E-state index in [2.05, 4.69) is 15.3 Å². The van der Waals surface area contributed by atoms with Crippen LogP contribution in [0.25, 0.3) is 0 Å². The first kappa shape index (κ1) is 19.6. The first-order chi connectivity index (χ1) is 13.6. The monoisotopic (exact) mass is 383 g/mol. The third-order valence-corrected chi connectivity index (χ3v) is 4.66. The first-order valence-electron chi connectivity index (χ1n) is 9.30. The van der Waals surface area contributed by atoms with Crippen LogP contribution in [-0.4, -0.2) is 71.9 Å². The average Bonchev–Trinajstić information content (AvgIpc) is 2.73. The number of nitrogens with one attached hydrogen (secondary N) is 1. The molecule has 2 aromatic rings. The van der Waals surface area contributed by atoms with Gasteiger partial charge in [-0.3, -0.25) is 9.59 Å². The lowest BCUT2D eigenvalue weighted by molar-refractivity contribution is -0.119. The third kappa shape index (κ3) is 4.97. The molecule has 1 aromatic heterocycles. The van der Waals surface area contributed by atoms with Gasteiger partial charge in [0.25, 0.3) is 5.91 Å². The van der Waals surface area contributed by atoms with Gasteiger partial charge in [-0.25, -0.2) is 9.97 Å². The fraction of sp³-hybridized carbons (Fsp3) is 0.400. The Bertz CT molecular complexity index is 834. The highest BCUT2D eigenvalue weighted by Gasteiger charge is 2.23. The molecule has 1 saturated heterocycles. The van der Waals surface area contributed by atoms with Crippen LogP contribution in [0.4, 0.5) is 5.82 Å². The van der Waals surface area contributed by atoms with Gasteiger partial charge >= 0.3 is 0 Å². The molecule has 8 heteroatoms. The van der Waals surface area contributed by atoms with E-state index < -0.39 is 0 Å². The van der Waals surface area contributed by atoms with Gasteiger partial charge in [-0.05, 0) is 31.0 Å². The third-order valence-electron chi connectivity index (χ3n) is 4.66. The van der Waals surface area contributed by atoms with Crippen molar-refractivity contribution in [3.05, 3.63) is 47.4 Å². The van der Waals surface area contributed by atoms with E-state index in [0.29, 0.717) is 50.1 Å². The molecule has 1 aliphatic heterocycles. The van der Waals surface area contributed by atoms with Crippen LogP contribution in [0.3, 0.4) is 0 Å². The van der Waals surface area contributed by atoms with Gasteiger partial charge in [0, 0.05) is 38.8 Å². The molecule has 0 unspecified atom stereocenters. The highest BCUT2D eigenvalue weighted by atomic mass is 16.5. The number of aryl methyl sites for hydroxylation is 1. The minimum absolute atomic E-state index is 0.133. The number of hydrogen-bond donors (Lipinski definition) is 1. The standard InChI is InChI=1S/C20H25N5O3/c1-15-22-18(20(27)25-10-8-24(14-26)9-11-25)13-19(23-15)21-7-6-16-4-3-5-17(12-16)28-2/h3-5,12-14H,6-11H2,1-2H3,(H,21,22,23). The summed E-state index contributed by atoms with van der Waals surface area (Å²) in [5.41, 5.74) is 1.53. The summed E-state index contributed by atoms with van der Waals surface area (Å²) in [4.78, 5) is 35.6. The molecule has 0 atom stereocenters. The lowest BCUT2D eigenvalue weighted by atomic mass is 10.1. The van der Waals surface area contributed by atoms with Crippen molar-refractivity contribution in [2.24, 2.45) is 0 Å². The van der Waals surface area contributed by atoms with Crippen LogP contribution in [0.1, 0.15) is 21.9 Å². The predicted octanol–water partition coefficient (Wildman–Crippen LogP) is 1.36. The molecule has 1 N–H and O–H groups in total. The second-order valence-corrected chi connectivity index (χ2v) is 6.65. The molecule has 2 heterocycles. The fourth-order valence-corrected chi connectivity index (χ4v) is 3.12. The van der Waals surface area contributed by atoms with Gasteiger partial charge < -0.3 is 19.9 Å². The second-order valence-electron chi connectivity index (χ2n) is 6.65. The number of hydrogen-bond acceptors (Lipinski definition) is 6. The number of nitrogens with zero attached hydrogens (tertiary/aromatic N) is 4. The summed E-state index contributed by atoms with van der Waals surface area (Å²) in [7, 11) is 1.65. The lowest BCUT2D eigenvalue weighted by Crippen LogP contribution is -2.48. The van der Waals surface area contributed by atoms with Crippen LogP contribution < -0.4 is 10.1 Å².